The number of hydrogen-bond donors (Lipinski definition) is 1. The van der Waals surface area contributed by atoms with Crippen molar-refractivity contribution < 1.29 is 4.79 Å². The van der Waals surface area contributed by atoms with Crippen molar-refractivity contribution in [3.63, 3.8) is 0 Å². The number of likely N-dealkylation sites (tertiary alicyclic amines) is 1. The van der Waals surface area contributed by atoms with Gasteiger partial charge >= 0.3 is 0 Å². The number of nitrogens with one attached hydrogen (secondary N) is 1. The highest BCUT2D eigenvalue weighted by Crippen LogP contribution is 2.15. The molecule has 1 fully saturated rings. The third-order valence-electron chi connectivity index (χ3n) is 2.85. The highest BCUT2D eigenvalue weighted by atomic mass is 16.1. The molecule has 0 atom stereocenters. The Balaban J connectivity index is 2.00. The summed E-state index contributed by atoms with van der Waals surface area (Å²) in [7, 11) is 0. The summed E-state index contributed by atoms with van der Waals surface area (Å²) in [5.41, 5.74) is 2.16. The molecular formula is C13H18N2O. The lowest BCUT2D eigenvalue weighted by Crippen LogP contribution is -2.18. The van der Waals surface area contributed by atoms with Gasteiger partial charge < -0.3 is 5.32 Å². The summed E-state index contributed by atoms with van der Waals surface area (Å²) in [4.78, 5) is 13.4. The average molecular weight is 218 g/mol. The van der Waals surface area contributed by atoms with Crippen LogP contribution in [-0.4, -0.2) is 23.9 Å². The summed E-state index contributed by atoms with van der Waals surface area (Å²) in [6, 6.07) is 8.09. The predicted octanol–water partition coefficient (Wildman–Crippen LogP) is 2.24. The van der Waals surface area contributed by atoms with E-state index in [-0.39, 0.29) is 5.91 Å². The molecule has 0 aromatic heterocycles. The van der Waals surface area contributed by atoms with Crippen molar-refractivity contribution >= 4 is 11.6 Å². The Morgan fingerprint density at radius 1 is 1.38 bits per heavy atom. The molecular weight excluding hydrogens is 200 g/mol. The minimum atomic E-state index is -0.0154. The van der Waals surface area contributed by atoms with Gasteiger partial charge in [0.1, 0.15) is 0 Å². The van der Waals surface area contributed by atoms with Crippen LogP contribution in [0.3, 0.4) is 0 Å². The van der Waals surface area contributed by atoms with Gasteiger partial charge in [-0.3, -0.25) is 9.69 Å². The molecule has 0 saturated carbocycles. The lowest BCUT2D eigenvalue weighted by molar-refractivity contribution is -0.114. The van der Waals surface area contributed by atoms with Crippen molar-refractivity contribution in [1.82, 2.24) is 4.90 Å². The maximum Gasteiger partial charge on any atom is 0.221 e. The van der Waals surface area contributed by atoms with Gasteiger partial charge in [0.05, 0.1) is 0 Å². The van der Waals surface area contributed by atoms with E-state index in [1.807, 2.05) is 12.1 Å². The van der Waals surface area contributed by atoms with E-state index in [1.54, 1.807) is 0 Å². The third kappa shape index (κ3) is 3.07. The van der Waals surface area contributed by atoms with Crippen LogP contribution >= 0.6 is 0 Å². The fraction of sp³-hybridized carbons (Fsp3) is 0.462. The summed E-state index contributed by atoms with van der Waals surface area (Å²) < 4.78 is 0. The summed E-state index contributed by atoms with van der Waals surface area (Å²) in [6.45, 7) is 4.93. The number of amides is 1. The molecule has 0 unspecified atom stereocenters. The second-order valence-corrected chi connectivity index (χ2v) is 4.36. The van der Waals surface area contributed by atoms with Crippen LogP contribution in [0.15, 0.2) is 24.3 Å². The normalized spacial score (nSPS) is 16.3. The molecule has 1 aromatic carbocycles. The second kappa shape index (κ2) is 5.12. The number of hydrogen-bond acceptors (Lipinski definition) is 2. The highest BCUT2D eigenvalue weighted by Gasteiger charge is 2.11. The first-order valence-corrected chi connectivity index (χ1v) is 5.83. The van der Waals surface area contributed by atoms with Crippen molar-refractivity contribution in [2.75, 3.05) is 18.4 Å². The molecule has 1 amide bonds. The first-order valence-electron chi connectivity index (χ1n) is 5.83. The SMILES string of the molecule is CC(=O)Nc1cccc(CN2CCCC2)c1. The number of benzene rings is 1. The standard InChI is InChI=1S/C13H18N2O/c1-11(16)14-13-6-4-5-12(9-13)10-15-7-2-3-8-15/h4-6,9H,2-3,7-8,10H2,1H3,(H,14,16). The van der Waals surface area contributed by atoms with Crippen LogP contribution in [-0.2, 0) is 11.3 Å². The van der Waals surface area contributed by atoms with E-state index in [2.05, 4.69) is 22.3 Å². The first kappa shape index (κ1) is 11.1. The van der Waals surface area contributed by atoms with Crippen LogP contribution in [0.5, 0.6) is 0 Å². The van der Waals surface area contributed by atoms with Gasteiger partial charge in [-0.05, 0) is 43.6 Å². The Bertz CT molecular complexity index is 370. The smallest absolute Gasteiger partial charge is 0.221 e. The molecule has 0 bridgehead atoms. The minimum Gasteiger partial charge on any atom is -0.326 e. The summed E-state index contributed by atoms with van der Waals surface area (Å²) in [5.74, 6) is -0.0154. The van der Waals surface area contributed by atoms with E-state index < -0.39 is 0 Å². The predicted molar refractivity (Wildman–Crippen MR) is 65.3 cm³/mol. The van der Waals surface area contributed by atoms with Crippen molar-refractivity contribution in [2.45, 2.75) is 26.3 Å². The van der Waals surface area contributed by atoms with E-state index >= 15 is 0 Å². The molecule has 1 aliphatic heterocycles. The lowest BCUT2D eigenvalue weighted by Gasteiger charge is -2.15. The Kier molecular flexibility index (Phi) is 3.57. The summed E-state index contributed by atoms with van der Waals surface area (Å²) in [6.07, 6.45) is 2.62. The van der Waals surface area contributed by atoms with Gasteiger partial charge in [-0.2, -0.15) is 0 Å². The van der Waals surface area contributed by atoms with E-state index in [1.165, 1.54) is 38.4 Å². The lowest BCUT2D eigenvalue weighted by atomic mass is 10.2. The molecule has 2 rings (SSSR count). The van der Waals surface area contributed by atoms with E-state index in [4.69, 9.17) is 0 Å². The van der Waals surface area contributed by atoms with Crippen LogP contribution in [0.2, 0.25) is 0 Å². The first-order chi connectivity index (χ1) is 7.74. The van der Waals surface area contributed by atoms with E-state index in [9.17, 15) is 4.79 Å². The van der Waals surface area contributed by atoms with Gasteiger partial charge in [0.25, 0.3) is 0 Å². The molecule has 0 radical (unpaired) electrons. The Morgan fingerprint density at radius 2 is 2.12 bits per heavy atom. The van der Waals surface area contributed by atoms with Crippen molar-refractivity contribution in [3.8, 4) is 0 Å². The molecule has 16 heavy (non-hydrogen) atoms. The van der Waals surface area contributed by atoms with Gasteiger partial charge in [0.15, 0.2) is 0 Å². The number of rotatable bonds is 3. The fourth-order valence-corrected chi connectivity index (χ4v) is 2.15. The quantitative estimate of drug-likeness (QED) is 0.844. The molecule has 1 aromatic rings. The zero-order valence-corrected chi connectivity index (χ0v) is 9.70. The van der Waals surface area contributed by atoms with Crippen LogP contribution in [0, 0.1) is 0 Å². The molecule has 1 N–H and O–H groups in total. The van der Waals surface area contributed by atoms with Gasteiger partial charge in [-0.1, -0.05) is 12.1 Å². The largest absolute Gasteiger partial charge is 0.326 e. The van der Waals surface area contributed by atoms with Gasteiger partial charge in [-0.15, -0.1) is 0 Å². The van der Waals surface area contributed by atoms with Gasteiger partial charge in [-0.25, -0.2) is 0 Å². The number of anilines is 1. The maximum atomic E-state index is 10.9. The Hall–Kier alpha value is -1.35. The average Bonchev–Trinajstić information content (AvgIpc) is 2.70. The van der Waals surface area contributed by atoms with Crippen LogP contribution in [0.25, 0.3) is 0 Å². The van der Waals surface area contributed by atoms with Crippen molar-refractivity contribution in [2.24, 2.45) is 0 Å². The zero-order valence-electron chi connectivity index (χ0n) is 9.70. The third-order valence-corrected chi connectivity index (χ3v) is 2.85. The minimum absolute atomic E-state index is 0.0154. The maximum absolute atomic E-state index is 10.9. The van der Waals surface area contributed by atoms with Crippen LogP contribution in [0.1, 0.15) is 25.3 Å². The number of carbonyl (C=O) groups is 1. The molecule has 0 spiro atoms. The summed E-state index contributed by atoms with van der Waals surface area (Å²) >= 11 is 0. The number of carbonyl (C=O) groups excluding carboxylic acids is 1. The molecule has 0 aliphatic carbocycles. The second-order valence-electron chi connectivity index (χ2n) is 4.36. The molecule has 3 nitrogen and oxygen atoms in total. The fourth-order valence-electron chi connectivity index (χ4n) is 2.15. The Morgan fingerprint density at radius 3 is 2.81 bits per heavy atom. The van der Waals surface area contributed by atoms with Crippen molar-refractivity contribution in [3.05, 3.63) is 29.8 Å². The zero-order chi connectivity index (χ0) is 11.4. The highest BCUT2D eigenvalue weighted by molar-refractivity contribution is 5.88. The summed E-state index contributed by atoms with van der Waals surface area (Å²) in [5, 5.41) is 2.81. The van der Waals surface area contributed by atoms with E-state index in [0.717, 1.165) is 12.2 Å². The van der Waals surface area contributed by atoms with Crippen LogP contribution in [0.4, 0.5) is 5.69 Å². The molecule has 1 heterocycles. The van der Waals surface area contributed by atoms with Crippen molar-refractivity contribution in [1.29, 1.82) is 0 Å². The van der Waals surface area contributed by atoms with Gasteiger partial charge in [0, 0.05) is 19.2 Å². The molecule has 86 valence electrons. The van der Waals surface area contributed by atoms with Crippen LogP contribution < -0.4 is 5.32 Å². The number of nitrogens with zero attached hydrogens (tertiary/aromatic N) is 1. The monoisotopic (exact) mass is 218 g/mol. The topological polar surface area (TPSA) is 32.3 Å². The molecule has 1 aliphatic rings. The Labute approximate surface area is 96.5 Å². The van der Waals surface area contributed by atoms with Gasteiger partial charge in [0.2, 0.25) is 5.91 Å². The van der Waals surface area contributed by atoms with E-state index in [0.29, 0.717) is 0 Å². The molecule has 1 saturated heterocycles. The molecule has 3 heteroatoms.